The van der Waals surface area contributed by atoms with E-state index in [2.05, 4.69) is 5.32 Å². The summed E-state index contributed by atoms with van der Waals surface area (Å²) in [7, 11) is -2.57. The Balaban J connectivity index is 1.77. The third-order valence-corrected chi connectivity index (χ3v) is 8.40. The molecular formula is C32H33N3O4S. The van der Waals surface area contributed by atoms with Crippen molar-refractivity contribution in [2.75, 3.05) is 17.9 Å². The van der Waals surface area contributed by atoms with Gasteiger partial charge in [-0.1, -0.05) is 91.0 Å². The highest BCUT2D eigenvalue weighted by Crippen LogP contribution is 2.25. The number of amides is 2. The van der Waals surface area contributed by atoms with Crippen LogP contribution in [-0.2, 0) is 32.6 Å². The zero-order valence-electron chi connectivity index (χ0n) is 22.6. The highest BCUT2D eigenvalue weighted by atomic mass is 32.2. The summed E-state index contributed by atoms with van der Waals surface area (Å²) in [5.41, 5.74) is 2.93. The van der Waals surface area contributed by atoms with Crippen LogP contribution in [0.15, 0.2) is 120 Å². The molecule has 0 unspecified atom stereocenters. The minimum absolute atomic E-state index is 0.0750. The Morgan fingerprint density at radius 2 is 1.35 bits per heavy atom. The first kappa shape index (κ1) is 28.6. The topological polar surface area (TPSA) is 86.8 Å². The molecule has 0 aliphatic heterocycles. The van der Waals surface area contributed by atoms with Gasteiger partial charge in [0.1, 0.15) is 12.6 Å². The van der Waals surface area contributed by atoms with Crippen molar-refractivity contribution >= 4 is 27.5 Å². The third-order valence-electron chi connectivity index (χ3n) is 6.61. The van der Waals surface area contributed by atoms with Gasteiger partial charge in [-0.05, 0) is 47.9 Å². The zero-order valence-corrected chi connectivity index (χ0v) is 23.4. The molecule has 0 bridgehead atoms. The normalized spacial score (nSPS) is 11.8. The highest BCUT2D eigenvalue weighted by Gasteiger charge is 2.34. The molecule has 0 aromatic heterocycles. The van der Waals surface area contributed by atoms with E-state index in [9.17, 15) is 18.0 Å². The molecule has 0 spiro atoms. The second-order valence-electron chi connectivity index (χ2n) is 9.49. The van der Waals surface area contributed by atoms with Gasteiger partial charge in [-0.15, -0.1) is 0 Å². The molecule has 0 aliphatic carbocycles. The fraction of sp³-hybridized carbons (Fsp3) is 0.188. The highest BCUT2D eigenvalue weighted by molar-refractivity contribution is 7.92. The van der Waals surface area contributed by atoms with Gasteiger partial charge >= 0.3 is 0 Å². The van der Waals surface area contributed by atoms with E-state index in [4.69, 9.17) is 0 Å². The first-order valence-corrected chi connectivity index (χ1v) is 14.5. The van der Waals surface area contributed by atoms with Gasteiger partial charge in [-0.3, -0.25) is 13.9 Å². The van der Waals surface area contributed by atoms with Gasteiger partial charge in [0.15, 0.2) is 0 Å². The van der Waals surface area contributed by atoms with Crippen LogP contribution in [0.3, 0.4) is 0 Å². The van der Waals surface area contributed by atoms with E-state index in [1.165, 1.54) is 24.1 Å². The van der Waals surface area contributed by atoms with Crippen molar-refractivity contribution in [1.29, 1.82) is 0 Å². The van der Waals surface area contributed by atoms with Crippen molar-refractivity contribution in [1.82, 2.24) is 10.2 Å². The Bertz CT molecular complexity index is 1530. The maximum atomic E-state index is 14.2. The Labute approximate surface area is 236 Å². The number of aryl methyl sites for hydroxylation is 1. The van der Waals surface area contributed by atoms with Crippen LogP contribution in [0.4, 0.5) is 5.69 Å². The number of hydrogen-bond donors (Lipinski definition) is 1. The first-order valence-electron chi connectivity index (χ1n) is 13.0. The number of carbonyl (C=O) groups is 2. The number of nitrogens with one attached hydrogen (secondary N) is 1. The maximum Gasteiger partial charge on any atom is 0.264 e. The molecule has 0 aliphatic rings. The zero-order chi connectivity index (χ0) is 28.5. The number of carbonyl (C=O) groups excluding carboxylic acids is 2. The third kappa shape index (κ3) is 6.95. The molecule has 0 fully saturated rings. The van der Waals surface area contributed by atoms with Crippen LogP contribution in [0.5, 0.6) is 0 Å². The van der Waals surface area contributed by atoms with Crippen LogP contribution in [0, 0.1) is 6.92 Å². The van der Waals surface area contributed by atoms with Gasteiger partial charge in [-0.25, -0.2) is 8.42 Å². The van der Waals surface area contributed by atoms with Crippen LogP contribution in [0.25, 0.3) is 0 Å². The van der Waals surface area contributed by atoms with E-state index in [1.54, 1.807) is 36.4 Å². The lowest BCUT2D eigenvalue weighted by atomic mass is 10.0. The Morgan fingerprint density at radius 1 is 0.775 bits per heavy atom. The molecule has 2 amide bonds. The predicted molar refractivity (Wildman–Crippen MR) is 157 cm³/mol. The molecule has 0 saturated carbocycles. The van der Waals surface area contributed by atoms with Crippen molar-refractivity contribution in [3.8, 4) is 0 Å². The smallest absolute Gasteiger partial charge is 0.264 e. The summed E-state index contributed by atoms with van der Waals surface area (Å²) in [5.74, 6) is -0.824. The van der Waals surface area contributed by atoms with Gasteiger partial charge in [0.05, 0.1) is 10.6 Å². The summed E-state index contributed by atoms with van der Waals surface area (Å²) in [4.78, 5) is 29.0. The van der Waals surface area contributed by atoms with Crippen molar-refractivity contribution in [3.63, 3.8) is 0 Å². The number of hydrogen-bond acceptors (Lipinski definition) is 4. The SMILES string of the molecule is CNC(=O)[C@H](Cc1ccccc1)N(Cc1ccccc1)C(=O)CN(c1cccc(C)c1)S(=O)(=O)c1ccccc1. The molecule has 40 heavy (non-hydrogen) atoms. The lowest BCUT2D eigenvalue weighted by Crippen LogP contribution is -2.53. The van der Waals surface area contributed by atoms with Gasteiger partial charge in [0.2, 0.25) is 11.8 Å². The molecule has 1 N–H and O–H groups in total. The van der Waals surface area contributed by atoms with Gasteiger partial charge < -0.3 is 10.2 Å². The maximum absolute atomic E-state index is 14.2. The summed E-state index contributed by atoms with van der Waals surface area (Å²) in [6, 6.07) is 33.0. The molecule has 0 radical (unpaired) electrons. The average Bonchev–Trinajstić information content (AvgIpc) is 2.98. The van der Waals surface area contributed by atoms with Gasteiger partial charge in [-0.2, -0.15) is 0 Å². The molecule has 4 aromatic rings. The molecular weight excluding hydrogens is 522 g/mol. The number of nitrogens with zero attached hydrogens (tertiary/aromatic N) is 2. The molecule has 0 saturated heterocycles. The minimum atomic E-state index is -4.10. The summed E-state index contributed by atoms with van der Waals surface area (Å²) >= 11 is 0. The van der Waals surface area contributed by atoms with Crippen LogP contribution in [-0.4, -0.2) is 44.8 Å². The van der Waals surface area contributed by atoms with E-state index in [1.807, 2.05) is 73.7 Å². The molecule has 206 valence electrons. The van der Waals surface area contributed by atoms with Crippen molar-refractivity contribution in [3.05, 3.63) is 132 Å². The quantitative estimate of drug-likeness (QED) is 0.294. The van der Waals surface area contributed by atoms with Crippen LogP contribution in [0.1, 0.15) is 16.7 Å². The van der Waals surface area contributed by atoms with Gasteiger partial charge in [0.25, 0.3) is 10.0 Å². The number of sulfonamides is 1. The molecule has 7 nitrogen and oxygen atoms in total. The minimum Gasteiger partial charge on any atom is -0.357 e. The summed E-state index contributed by atoms with van der Waals surface area (Å²) in [6.07, 6.45) is 0.273. The molecule has 4 aromatic carbocycles. The second-order valence-corrected chi connectivity index (χ2v) is 11.4. The van der Waals surface area contributed by atoms with Crippen molar-refractivity contribution < 1.29 is 18.0 Å². The monoisotopic (exact) mass is 555 g/mol. The fourth-order valence-corrected chi connectivity index (χ4v) is 5.96. The molecule has 8 heteroatoms. The summed E-state index contributed by atoms with van der Waals surface area (Å²) < 4.78 is 28.9. The fourth-order valence-electron chi connectivity index (χ4n) is 4.53. The van der Waals surface area contributed by atoms with E-state index in [0.717, 1.165) is 21.0 Å². The van der Waals surface area contributed by atoms with Gasteiger partial charge in [0, 0.05) is 20.0 Å². The molecule has 1 atom stereocenters. The number of anilines is 1. The lowest BCUT2D eigenvalue weighted by Gasteiger charge is -2.33. The van der Waals surface area contributed by atoms with E-state index in [0.29, 0.717) is 5.69 Å². The first-order chi connectivity index (χ1) is 19.3. The Hall–Kier alpha value is -4.43. The predicted octanol–water partition coefficient (Wildman–Crippen LogP) is 4.58. The lowest BCUT2D eigenvalue weighted by molar-refractivity contribution is -0.139. The Morgan fingerprint density at radius 3 is 1.93 bits per heavy atom. The number of rotatable bonds is 11. The van der Waals surface area contributed by atoms with Crippen LogP contribution >= 0.6 is 0 Å². The standard InChI is InChI=1S/C32H33N3O4S/c1-25-13-12-18-28(21-25)35(40(38,39)29-19-10-5-11-20-29)24-31(36)34(23-27-16-8-4-9-17-27)30(32(37)33-2)22-26-14-6-3-7-15-26/h3-21,30H,22-24H2,1-2H3,(H,33,37)/t30-/m0/s1. The summed E-state index contributed by atoms with van der Waals surface area (Å²) in [5, 5.41) is 2.69. The van der Waals surface area contributed by atoms with E-state index < -0.39 is 28.5 Å². The number of benzene rings is 4. The second kappa shape index (κ2) is 13.1. The molecule has 0 heterocycles. The van der Waals surface area contributed by atoms with E-state index >= 15 is 0 Å². The van der Waals surface area contributed by atoms with Crippen LogP contribution < -0.4 is 9.62 Å². The van der Waals surface area contributed by atoms with Crippen molar-refractivity contribution in [2.24, 2.45) is 0 Å². The number of likely N-dealkylation sites (N-methyl/N-ethyl adjacent to an activating group) is 1. The Kier molecular flexibility index (Phi) is 9.35. The van der Waals surface area contributed by atoms with Crippen LogP contribution in [0.2, 0.25) is 0 Å². The summed E-state index contributed by atoms with van der Waals surface area (Å²) in [6.45, 7) is 1.52. The van der Waals surface area contributed by atoms with Crippen molar-refractivity contribution in [2.45, 2.75) is 30.8 Å². The molecule has 4 rings (SSSR count). The average molecular weight is 556 g/mol. The van der Waals surface area contributed by atoms with E-state index in [-0.39, 0.29) is 23.8 Å². The largest absolute Gasteiger partial charge is 0.357 e.